The molecule has 1 aliphatic carbocycles. The van der Waals surface area contributed by atoms with E-state index in [0.29, 0.717) is 6.42 Å². The molecule has 0 spiro atoms. The van der Waals surface area contributed by atoms with Gasteiger partial charge in [-0.2, -0.15) is 13.2 Å². The molecule has 0 aliphatic heterocycles. The van der Waals surface area contributed by atoms with Crippen LogP contribution in [0.2, 0.25) is 0 Å². The Morgan fingerprint density at radius 1 is 1.12 bits per heavy atom. The molecule has 1 N–H and O–H groups in total. The minimum absolute atomic E-state index is 0.0312. The molecular weight excluding hydrogens is 217 g/mol. The number of hydrogen-bond donors (Lipinski definition) is 1. The van der Waals surface area contributed by atoms with Crippen molar-refractivity contribution in [2.45, 2.75) is 70.6 Å². The Balaban J connectivity index is 2.50. The summed E-state index contributed by atoms with van der Waals surface area (Å²) < 4.78 is 36.1. The molecule has 1 aliphatic rings. The number of hydrogen-bond acceptors (Lipinski definition) is 1. The van der Waals surface area contributed by atoms with Crippen molar-refractivity contribution in [1.29, 1.82) is 0 Å². The van der Waals surface area contributed by atoms with Crippen LogP contribution in [0, 0.1) is 5.41 Å². The Bertz CT molecular complexity index is 235. The van der Waals surface area contributed by atoms with Gasteiger partial charge in [0, 0.05) is 6.42 Å². The van der Waals surface area contributed by atoms with Crippen molar-refractivity contribution in [2.75, 3.05) is 0 Å². The third-order valence-corrected chi connectivity index (χ3v) is 3.95. The summed E-state index contributed by atoms with van der Waals surface area (Å²) in [5.74, 6) is 0. The van der Waals surface area contributed by atoms with Gasteiger partial charge in [0.25, 0.3) is 0 Å². The summed E-state index contributed by atoms with van der Waals surface area (Å²) in [6, 6.07) is 0. The quantitative estimate of drug-likeness (QED) is 0.786. The van der Waals surface area contributed by atoms with Gasteiger partial charge >= 0.3 is 6.18 Å². The van der Waals surface area contributed by atoms with Gasteiger partial charge in [0.2, 0.25) is 0 Å². The Kier molecular flexibility index (Phi) is 3.93. The molecular formula is C12H21F3O. The van der Waals surface area contributed by atoms with E-state index in [1.807, 2.05) is 13.8 Å². The van der Waals surface area contributed by atoms with Crippen molar-refractivity contribution in [3.63, 3.8) is 0 Å². The van der Waals surface area contributed by atoms with E-state index in [2.05, 4.69) is 0 Å². The molecule has 1 saturated carbocycles. The summed E-state index contributed by atoms with van der Waals surface area (Å²) in [7, 11) is 0. The highest BCUT2D eigenvalue weighted by molar-refractivity contribution is 4.96. The second kappa shape index (κ2) is 4.55. The van der Waals surface area contributed by atoms with E-state index in [1.54, 1.807) is 0 Å². The lowest BCUT2D eigenvalue weighted by atomic mass is 9.63. The number of rotatable bonds is 3. The van der Waals surface area contributed by atoms with Gasteiger partial charge in [-0.1, -0.05) is 26.7 Å². The van der Waals surface area contributed by atoms with Gasteiger partial charge in [0.1, 0.15) is 0 Å². The van der Waals surface area contributed by atoms with Crippen LogP contribution in [0.3, 0.4) is 0 Å². The first-order chi connectivity index (χ1) is 7.16. The molecule has 0 aromatic heterocycles. The molecule has 0 bridgehead atoms. The first-order valence-electron chi connectivity index (χ1n) is 5.95. The molecule has 16 heavy (non-hydrogen) atoms. The second-order valence-electron chi connectivity index (χ2n) is 5.59. The zero-order chi connectivity index (χ0) is 12.4. The molecule has 1 nitrogen and oxygen atoms in total. The number of alkyl halides is 3. The summed E-state index contributed by atoms with van der Waals surface area (Å²) in [5, 5.41) is 10.4. The van der Waals surface area contributed by atoms with E-state index >= 15 is 0 Å². The molecule has 1 unspecified atom stereocenters. The van der Waals surface area contributed by atoms with Crippen LogP contribution < -0.4 is 0 Å². The van der Waals surface area contributed by atoms with Gasteiger partial charge in [-0.3, -0.25) is 0 Å². The molecule has 1 rings (SSSR count). The summed E-state index contributed by atoms with van der Waals surface area (Å²) >= 11 is 0. The van der Waals surface area contributed by atoms with E-state index in [1.165, 1.54) is 0 Å². The van der Waals surface area contributed by atoms with Crippen LogP contribution in [-0.4, -0.2) is 16.9 Å². The molecule has 96 valence electrons. The average Bonchev–Trinajstić information content (AvgIpc) is 2.08. The van der Waals surface area contributed by atoms with E-state index < -0.39 is 18.2 Å². The smallest absolute Gasteiger partial charge is 0.389 e. The van der Waals surface area contributed by atoms with Crippen molar-refractivity contribution in [3.8, 4) is 0 Å². The zero-order valence-corrected chi connectivity index (χ0v) is 10.0. The summed E-state index contributed by atoms with van der Waals surface area (Å²) in [5.41, 5.74) is -1.16. The van der Waals surface area contributed by atoms with Gasteiger partial charge in [-0.05, 0) is 31.1 Å². The lowest BCUT2D eigenvalue weighted by Gasteiger charge is -2.46. The topological polar surface area (TPSA) is 20.2 Å². The molecule has 1 fully saturated rings. The lowest BCUT2D eigenvalue weighted by molar-refractivity contribution is -0.145. The van der Waals surface area contributed by atoms with Gasteiger partial charge in [-0.25, -0.2) is 0 Å². The molecule has 0 saturated heterocycles. The van der Waals surface area contributed by atoms with E-state index in [9.17, 15) is 18.3 Å². The van der Waals surface area contributed by atoms with Crippen LogP contribution in [0.1, 0.15) is 58.8 Å². The van der Waals surface area contributed by atoms with Crippen molar-refractivity contribution < 1.29 is 18.3 Å². The van der Waals surface area contributed by atoms with Gasteiger partial charge in [0.15, 0.2) is 0 Å². The normalized spacial score (nSPS) is 30.4. The zero-order valence-electron chi connectivity index (χ0n) is 10.0. The van der Waals surface area contributed by atoms with Crippen molar-refractivity contribution in [3.05, 3.63) is 0 Å². The van der Waals surface area contributed by atoms with Gasteiger partial charge in [-0.15, -0.1) is 0 Å². The molecule has 0 aromatic carbocycles. The first-order valence-corrected chi connectivity index (χ1v) is 5.95. The molecule has 1 atom stereocenters. The minimum Gasteiger partial charge on any atom is -0.389 e. The van der Waals surface area contributed by atoms with Crippen molar-refractivity contribution in [1.82, 2.24) is 0 Å². The molecule has 0 radical (unpaired) electrons. The Morgan fingerprint density at radius 3 is 2.19 bits per heavy atom. The van der Waals surface area contributed by atoms with E-state index in [0.717, 1.165) is 19.3 Å². The SMILES string of the molecule is CC1(C)CCCCC1(O)CCCC(F)(F)F. The fraction of sp³-hybridized carbons (Fsp3) is 1.00. The van der Waals surface area contributed by atoms with Gasteiger partial charge in [0.05, 0.1) is 5.60 Å². The Morgan fingerprint density at radius 2 is 1.69 bits per heavy atom. The lowest BCUT2D eigenvalue weighted by Crippen LogP contribution is -2.47. The predicted octanol–water partition coefficient (Wildman–Crippen LogP) is 4.05. The first kappa shape index (κ1) is 13.8. The Hall–Kier alpha value is -0.250. The van der Waals surface area contributed by atoms with Crippen LogP contribution in [-0.2, 0) is 0 Å². The van der Waals surface area contributed by atoms with Crippen molar-refractivity contribution >= 4 is 0 Å². The fourth-order valence-electron chi connectivity index (χ4n) is 2.60. The number of aliphatic hydroxyl groups is 1. The fourth-order valence-corrected chi connectivity index (χ4v) is 2.60. The monoisotopic (exact) mass is 238 g/mol. The summed E-state index contributed by atoms with van der Waals surface area (Å²) in [6.07, 6.45) is -1.07. The summed E-state index contributed by atoms with van der Waals surface area (Å²) in [4.78, 5) is 0. The highest BCUT2D eigenvalue weighted by Gasteiger charge is 2.44. The van der Waals surface area contributed by atoms with Crippen LogP contribution in [0.25, 0.3) is 0 Å². The molecule has 4 heteroatoms. The maximum Gasteiger partial charge on any atom is 0.389 e. The molecule has 0 aromatic rings. The van der Waals surface area contributed by atoms with Crippen LogP contribution in [0.5, 0.6) is 0 Å². The maximum atomic E-state index is 12.0. The van der Waals surface area contributed by atoms with E-state index in [4.69, 9.17) is 0 Å². The third kappa shape index (κ3) is 3.37. The molecule has 0 heterocycles. The maximum absolute atomic E-state index is 12.0. The largest absolute Gasteiger partial charge is 0.389 e. The highest BCUT2D eigenvalue weighted by Crippen LogP contribution is 2.46. The highest BCUT2D eigenvalue weighted by atomic mass is 19.4. The predicted molar refractivity (Wildman–Crippen MR) is 57.1 cm³/mol. The van der Waals surface area contributed by atoms with Crippen LogP contribution in [0.4, 0.5) is 13.2 Å². The van der Waals surface area contributed by atoms with E-state index in [-0.39, 0.29) is 18.3 Å². The standard InChI is InChI=1S/C12H21F3O/c1-10(2)6-3-4-7-11(10,16)8-5-9-12(13,14)15/h16H,3-9H2,1-2H3. The average molecular weight is 238 g/mol. The minimum atomic E-state index is -4.10. The Labute approximate surface area is 95.0 Å². The number of halogens is 3. The molecule has 0 amide bonds. The van der Waals surface area contributed by atoms with Crippen LogP contribution in [0.15, 0.2) is 0 Å². The van der Waals surface area contributed by atoms with Gasteiger partial charge < -0.3 is 5.11 Å². The summed E-state index contributed by atoms with van der Waals surface area (Å²) in [6.45, 7) is 3.92. The van der Waals surface area contributed by atoms with Crippen LogP contribution >= 0.6 is 0 Å². The third-order valence-electron chi connectivity index (χ3n) is 3.95. The van der Waals surface area contributed by atoms with Crippen molar-refractivity contribution in [2.24, 2.45) is 5.41 Å². The second-order valence-corrected chi connectivity index (χ2v) is 5.59.